The van der Waals surface area contributed by atoms with Gasteiger partial charge in [-0.15, -0.1) is 33.3 Å². The Morgan fingerprint density at radius 2 is 1.56 bits per heavy atom. The first-order valence-electron chi connectivity index (χ1n) is 25.3. The highest BCUT2D eigenvalue weighted by molar-refractivity contribution is 8.00. The number of hydrogen-bond donors (Lipinski definition) is 2. The molecule has 2 bridgehead atoms. The van der Waals surface area contributed by atoms with Crippen LogP contribution in [0.5, 0.6) is 23.0 Å². The molecule has 0 radical (unpaired) electrons. The summed E-state index contributed by atoms with van der Waals surface area (Å²) < 4.78 is 30.9. The van der Waals surface area contributed by atoms with Crippen LogP contribution in [0.15, 0.2) is 76.8 Å². The second kappa shape index (κ2) is 22.3. The van der Waals surface area contributed by atoms with Crippen LogP contribution in [-0.4, -0.2) is 147 Å². The van der Waals surface area contributed by atoms with E-state index in [1.807, 2.05) is 48.5 Å². The van der Waals surface area contributed by atoms with E-state index in [1.54, 1.807) is 84.1 Å². The molecule has 24 heteroatoms. The SMILES string of the molecule is Bn1nnc(C2=C(C[N+]34CCC(CNC(=O)c5ccc(OCc6ccc(OC)cc6)c(OCc6ccc(OC)cc6)c5Cl)(CC3)CC4)CS[C@@H]3[C@H](NC(=O)/C(=N\OC(C)(C)C(=O)OC(C)(C)C)c4csc(C)n4)C(=O)N23)n1. The summed E-state index contributed by atoms with van der Waals surface area (Å²) in [4.78, 5) is 67.3. The van der Waals surface area contributed by atoms with Crippen LogP contribution in [0, 0.1) is 12.3 Å². The highest BCUT2D eigenvalue weighted by Gasteiger charge is 2.56. The number of aromatic nitrogens is 5. The molecule has 4 saturated heterocycles. The van der Waals surface area contributed by atoms with E-state index in [0.29, 0.717) is 41.1 Å². The third-order valence-electron chi connectivity index (χ3n) is 14.3. The number of hydrogen-bond acceptors (Lipinski definition) is 17. The highest BCUT2D eigenvalue weighted by atomic mass is 35.5. The molecule has 0 spiro atoms. The number of carbonyl (C=O) groups excluding carboxylic acids is 4. The molecule has 10 rings (SSSR count). The lowest BCUT2D eigenvalue weighted by atomic mass is 9.70. The maximum atomic E-state index is 14.3. The number of quaternary nitrogens is 1. The summed E-state index contributed by atoms with van der Waals surface area (Å²) in [6.45, 7) is 14.2. The number of ether oxygens (including phenoxy) is 5. The molecule has 2 aromatic heterocycles. The van der Waals surface area contributed by atoms with Gasteiger partial charge in [-0.05, 0) is 89.1 Å². The maximum Gasteiger partial charge on any atom is 0.353 e. The Balaban J connectivity index is 0.863. The molecule has 5 aliphatic rings. The lowest BCUT2D eigenvalue weighted by molar-refractivity contribution is -0.941. The van der Waals surface area contributed by atoms with E-state index >= 15 is 0 Å². The lowest BCUT2D eigenvalue weighted by Crippen LogP contribution is -2.70. The Bertz CT molecular complexity index is 3080. The van der Waals surface area contributed by atoms with Crippen LogP contribution in [0.3, 0.4) is 0 Å². The van der Waals surface area contributed by atoms with E-state index in [0.717, 1.165) is 71.6 Å². The Labute approximate surface area is 461 Å². The molecule has 4 fully saturated rings. The summed E-state index contributed by atoms with van der Waals surface area (Å²) in [7, 11) is 4.90. The molecule has 5 aromatic rings. The van der Waals surface area contributed by atoms with Crippen LogP contribution >= 0.6 is 34.7 Å². The van der Waals surface area contributed by atoms with Gasteiger partial charge in [-0.3, -0.25) is 19.3 Å². The molecule has 0 unspecified atom stereocenters. The number of carbonyl (C=O) groups is 4. The lowest BCUT2D eigenvalue weighted by Gasteiger charge is -2.56. The van der Waals surface area contributed by atoms with Gasteiger partial charge in [0.05, 0.1) is 55.1 Å². The van der Waals surface area contributed by atoms with Crippen molar-refractivity contribution in [2.75, 3.05) is 52.7 Å². The fourth-order valence-corrected chi connectivity index (χ4v) is 12.0. The monoisotopic (exact) mass is 1110 g/mol. The van der Waals surface area contributed by atoms with Gasteiger partial charge in [0.25, 0.3) is 25.7 Å². The average molecular weight is 1110 g/mol. The normalized spacial score (nSPS) is 21.2. The summed E-state index contributed by atoms with van der Waals surface area (Å²) in [5.41, 5.74) is 1.33. The molecule has 406 valence electrons. The standard InChI is InChI=1S/C53H62BClN10O10S2/c1-31-57-38(29-76-31)41(61-75-52(5,6)50(69)74-51(2,3)4)47(67)58-42-48(68)63-43(45-59-62-64(54)60-45)34(28-77-49(42)63)25-65-22-19-53(20-23-65,21-24-65)30-56-46(66)37-17-18-39(72-26-32-9-13-35(70-7)14-10-32)44(40(37)55)73-27-33-11-15-36(71-8)16-12-33/h9-18,29,42,49H,19-28,30,54H2,1-8H3,(H-,56,58,66,67)/p+1/b61-41-/t42-,49-,53?,65?/m1/s1. The Hall–Kier alpha value is -6.69. The zero-order valence-corrected chi connectivity index (χ0v) is 47.0. The molecule has 77 heavy (non-hydrogen) atoms. The molecular formula is C53H63BClN10O10S2+. The summed E-state index contributed by atoms with van der Waals surface area (Å²) >= 11 is 9.94. The van der Waals surface area contributed by atoms with Crippen LogP contribution in [-0.2, 0) is 37.2 Å². The fourth-order valence-electron chi connectivity index (χ4n) is 9.81. The van der Waals surface area contributed by atoms with Crippen molar-refractivity contribution in [3.05, 3.63) is 110 Å². The molecule has 20 nitrogen and oxygen atoms in total. The molecular weight excluding hydrogens is 1050 g/mol. The van der Waals surface area contributed by atoms with Gasteiger partial charge in [0.1, 0.15) is 54.0 Å². The first-order valence-corrected chi connectivity index (χ1v) is 27.6. The van der Waals surface area contributed by atoms with E-state index in [9.17, 15) is 19.2 Å². The van der Waals surface area contributed by atoms with Crippen LogP contribution in [0.4, 0.5) is 0 Å². The van der Waals surface area contributed by atoms with Gasteiger partial charge >= 0.3 is 5.97 Å². The van der Waals surface area contributed by atoms with Crippen LogP contribution < -0.4 is 29.6 Å². The Kier molecular flexibility index (Phi) is 16.0. The number of thioether (sulfide) groups is 1. The number of β-lactam (4-membered cyclic amide) rings is 1. The number of rotatable bonds is 20. The summed E-state index contributed by atoms with van der Waals surface area (Å²) in [5.74, 6) is 1.04. The highest BCUT2D eigenvalue weighted by Crippen LogP contribution is 2.48. The van der Waals surface area contributed by atoms with Crippen LogP contribution in [0.25, 0.3) is 5.70 Å². The number of nitrogens with one attached hydrogen (secondary N) is 2. The number of fused-ring (bicyclic) bond motifs is 4. The van der Waals surface area contributed by atoms with Gasteiger partial charge in [-0.1, -0.05) is 46.2 Å². The number of halogens is 1. The van der Waals surface area contributed by atoms with Gasteiger partial charge in [0.2, 0.25) is 11.4 Å². The van der Waals surface area contributed by atoms with Crippen LogP contribution in [0.2, 0.25) is 5.02 Å². The Morgan fingerprint density at radius 1 is 0.922 bits per heavy atom. The van der Waals surface area contributed by atoms with Crippen molar-refractivity contribution in [3.8, 4) is 23.0 Å². The van der Waals surface area contributed by atoms with Gasteiger partial charge in [0.15, 0.2) is 17.2 Å². The molecule has 2 atom stereocenters. The quantitative estimate of drug-likeness (QED) is 0.0237. The predicted octanol–water partition coefficient (Wildman–Crippen LogP) is 5.75. The van der Waals surface area contributed by atoms with E-state index in [4.69, 9.17) is 40.1 Å². The number of nitrogens with zero attached hydrogens (tertiary/aromatic N) is 8. The van der Waals surface area contributed by atoms with E-state index < -0.39 is 34.5 Å². The topological polar surface area (TPSA) is 220 Å². The minimum atomic E-state index is -1.54. The van der Waals surface area contributed by atoms with Crippen molar-refractivity contribution in [1.29, 1.82) is 0 Å². The van der Waals surface area contributed by atoms with Crippen molar-refractivity contribution < 1.29 is 52.2 Å². The minimum absolute atomic E-state index is 0.109. The Morgan fingerprint density at radius 3 is 2.13 bits per heavy atom. The maximum absolute atomic E-state index is 14.3. The fraction of sp³-hybridized carbons (Fsp3) is 0.453. The molecule has 3 amide bonds. The number of benzene rings is 3. The third-order valence-corrected chi connectivity index (χ3v) is 16.8. The van der Waals surface area contributed by atoms with Gasteiger partial charge in [0, 0.05) is 47.9 Å². The van der Waals surface area contributed by atoms with Gasteiger partial charge in [-0.25, -0.2) is 14.5 Å². The summed E-state index contributed by atoms with van der Waals surface area (Å²) in [6.07, 6.45) is 2.65. The van der Waals surface area contributed by atoms with Crippen LogP contribution in [0.1, 0.15) is 91.9 Å². The number of tetrazole rings is 1. The van der Waals surface area contributed by atoms with Crippen molar-refractivity contribution in [3.63, 3.8) is 0 Å². The number of methoxy groups -OCH3 is 2. The number of esters is 1. The summed E-state index contributed by atoms with van der Waals surface area (Å²) in [5, 5.41) is 25.4. The first kappa shape index (κ1) is 55.1. The minimum Gasteiger partial charge on any atom is -0.497 e. The van der Waals surface area contributed by atoms with Crippen molar-refractivity contribution in [2.45, 2.75) is 96.6 Å². The van der Waals surface area contributed by atoms with Crippen molar-refractivity contribution in [2.24, 2.45) is 10.6 Å². The second-order valence-corrected chi connectivity index (χ2v) is 23.9. The number of oxime groups is 1. The number of piperidine rings is 3. The zero-order chi connectivity index (χ0) is 54.9. The molecule has 2 N–H and O–H groups in total. The van der Waals surface area contributed by atoms with Gasteiger partial charge in [-0.2, -0.15) is 0 Å². The third kappa shape index (κ3) is 12.2. The summed E-state index contributed by atoms with van der Waals surface area (Å²) in [6, 6.07) is 17.5. The largest absolute Gasteiger partial charge is 0.497 e. The molecule has 5 aliphatic heterocycles. The van der Waals surface area contributed by atoms with Crippen molar-refractivity contribution in [1.82, 2.24) is 40.6 Å². The molecule has 0 aliphatic carbocycles. The number of thiazole rings is 1. The smallest absolute Gasteiger partial charge is 0.353 e. The molecule has 0 saturated carbocycles. The van der Waals surface area contributed by atoms with E-state index in [1.165, 1.54) is 29.9 Å². The second-order valence-electron chi connectivity index (χ2n) is 21.3. The molecule has 7 heterocycles. The number of amides is 3. The average Bonchev–Trinajstić information content (AvgIpc) is 4.10. The predicted molar refractivity (Wildman–Crippen MR) is 293 cm³/mol. The first-order chi connectivity index (χ1) is 36.7. The molecule has 3 aromatic carbocycles. The zero-order valence-electron chi connectivity index (χ0n) is 44.6. The van der Waals surface area contributed by atoms with E-state index in [-0.39, 0.29) is 58.2 Å². The van der Waals surface area contributed by atoms with Gasteiger partial charge < -0.3 is 43.6 Å². The van der Waals surface area contributed by atoms with Crippen molar-refractivity contribution >= 4 is 77.8 Å². The number of aryl methyl sites for hydroxylation is 1. The van der Waals surface area contributed by atoms with E-state index in [2.05, 4.69) is 36.2 Å².